The number of benzene rings is 1. The van der Waals surface area contributed by atoms with E-state index in [1.807, 2.05) is 30.5 Å². The standard InChI is InChI=1S/C29H47N2O5P/c1-2-3-4-5-6-7-8-9-10-11-12-13-14-15-16-21-29(32)31-26(24-36-37(33,34)35)22-25-23-30-28-20-18-17-19-27(25)28/h9-10,17-20,23,26,30H,2-8,11-16,21-22,24H2,1H3,(H,31,32)(H2,33,34,35)/b10-9-/t26-/m1/s1. The third-order valence-corrected chi connectivity index (χ3v) is 7.10. The molecule has 4 N–H and O–H groups in total. The van der Waals surface area contributed by atoms with Gasteiger partial charge in [0.2, 0.25) is 5.91 Å². The summed E-state index contributed by atoms with van der Waals surface area (Å²) in [5.41, 5.74) is 1.95. The molecule has 0 aliphatic heterocycles. The molecular formula is C29H47N2O5P. The summed E-state index contributed by atoms with van der Waals surface area (Å²) in [4.78, 5) is 34.0. The minimum Gasteiger partial charge on any atom is -0.361 e. The van der Waals surface area contributed by atoms with Gasteiger partial charge < -0.3 is 20.1 Å². The topological polar surface area (TPSA) is 112 Å². The van der Waals surface area contributed by atoms with E-state index in [4.69, 9.17) is 14.3 Å². The van der Waals surface area contributed by atoms with Gasteiger partial charge in [0.05, 0.1) is 12.6 Å². The Bertz CT molecular complexity index is 968. The van der Waals surface area contributed by atoms with Gasteiger partial charge in [0.1, 0.15) is 0 Å². The van der Waals surface area contributed by atoms with Crippen molar-refractivity contribution in [3.63, 3.8) is 0 Å². The lowest BCUT2D eigenvalue weighted by Gasteiger charge is -2.19. The van der Waals surface area contributed by atoms with Gasteiger partial charge in [-0.3, -0.25) is 9.32 Å². The van der Waals surface area contributed by atoms with Crippen LogP contribution in [0.5, 0.6) is 0 Å². The fourth-order valence-corrected chi connectivity index (χ4v) is 4.93. The first-order valence-corrected chi connectivity index (χ1v) is 15.6. The summed E-state index contributed by atoms with van der Waals surface area (Å²) in [6, 6.07) is 7.29. The Morgan fingerprint density at radius 1 is 0.973 bits per heavy atom. The van der Waals surface area contributed by atoms with Crippen LogP contribution in [-0.4, -0.2) is 33.3 Å². The first kappa shape index (κ1) is 31.3. The van der Waals surface area contributed by atoms with Crippen LogP contribution < -0.4 is 5.32 Å². The van der Waals surface area contributed by atoms with Crippen LogP contribution in [0, 0.1) is 0 Å². The van der Waals surface area contributed by atoms with Crippen molar-refractivity contribution in [2.24, 2.45) is 0 Å². The molecule has 37 heavy (non-hydrogen) atoms. The van der Waals surface area contributed by atoms with Gasteiger partial charge in [0, 0.05) is 23.5 Å². The Morgan fingerprint density at radius 2 is 1.59 bits per heavy atom. The number of rotatable bonds is 21. The van der Waals surface area contributed by atoms with Gasteiger partial charge >= 0.3 is 7.82 Å². The number of fused-ring (bicyclic) bond motifs is 1. The van der Waals surface area contributed by atoms with Crippen LogP contribution in [0.15, 0.2) is 42.6 Å². The molecule has 1 atom stereocenters. The quantitative estimate of drug-likeness (QED) is 0.0760. The van der Waals surface area contributed by atoms with E-state index in [0.717, 1.165) is 42.1 Å². The van der Waals surface area contributed by atoms with E-state index in [0.29, 0.717) is 12.8 Å². The van der Waals surface area contributed by atoms with Crippen LogP contribution in [-0.2, 0) is 20.3 Å². The van der Waals surface area contributed by atoms with Crippen molar-refractivity contribution >= 4 is 24.6 Å². The van der Waals surface area contributed by atoms with E-state index in [1.165, 1.54) is 57.8 Å². The molecule has 0 aliphatic rings. The van der Waals surface area contributed by atoms with Crippen LogP contribution in [0.2, 0.25) is 0 Å². The number of aromatic nitrogens is 1. The van der Waals surface area contributed by atoms with Gasteiger partial charge in [-0.25, -0.2) is 4.57 Å². The average molecular weight is 535 g/mol. The smallest absolute Gasteiger partial charge is 0.361 e. The predicted octanol–water partition coefficient (Wildman–Crippen LogP) is 7.34. The molecule has 1 aromatic carbocycles. The van der Waals surface area contributed by atoms with Crippen molar-refractivity contribution in [1.82, 2.24) is 10.3 Å². The van der Waals surface area contributed by atoms with Crippen LogP contribution in [0.4, 0.5) is 0 Å². The molecule has 0 unspecified atom stereocenters. The lowest BCUT2D eigenvalue weighted by molar-refractivity contribution is -0.122. The van der Waals surface area contributed by atoms with Crippen LogP contribution in [0.25, 0.3) is 10.9 Å². The number of para-hydroxylation sites is 1. The fraction of sp³-hybridized carbons (Fsp3) is 0.621. The van der Waals surface area contributed by atoms with Gasteiger partial charge in [-0.2, -0.15) is 0 Å². The molecule has 0 saturated heterocycles. The molecule has 208 valence electrons. The summed E-state index contributed by atoms with van der Waals surface area (Å²) in [6.07, 6.45) is 23.0. The minimum absolute atomic E-state index is 0.114. The molecule has 1 heterocycles. The Balaban J connectivity index is 1.60. The van der Waals surface area contributed by atoms with Crippen molar-refractivity contribution in [2.75, 3.05) is 6.61 Å². The molecule has 0 radical (unpaired) electrons. The number of carbonyl (C=O) groups is 1. The van der Waals surface area contributed by atoms with Crippen LogP contribution in [0.3, 0.4) is 0 Å². The summed E-state index contributed by atoms with van der Waals surface area (Å²) in [5, 5.41) is 3.94. The molecule has 0 fully saturated rings. The zero-order chi connectivity index (χ0) is 26.8. The van der Waals surface area contributed by atoms with E-state index < -0.39 is 13.9 Å². The number of hydrogen-bond acceptors (Lipinski definition) is 3. The van der Waals surface area contributed by atoms with Gasteiger partial charge in [-0.15, -0.1) is 0 Å². The van der Waals surface area contributed by atoms with E-state index >= 15 is 0 Å². The van der Waals surface area contributed by atoms with Crippen molar-refractivity contribution in [3.8, 4) is 0 Å². The Kier molecular flexibility index (Phi) is 15.5. The molecule has 0 spiro atoms. The molecule has 2 aromatic rings. The number of hydrogen-bond donors (Lipinski definition) is 4. The monoisotopic (exact) mass is 534 g/mol. The van der Waals surface area contributed by atoms with E-state index in [2.05, 4.69) is 29.4 Å². The molecule has 0 aliphatic carbocycles. The number of H-pyrrole nitrogens is 1. The maximum absolute atomic E-state index is 12.5. The SMILES string of the molecule is CCCCCCCC/C=C\CCCCCCCC(=O)N[C@@H](COP(=O)(O)O)Cc1c[nH]c2ccccc12. The highest BCUT2D eigenvalue weighted by atomic mass is 31.2. The highest BCUT2D eigenvalue weighted by Crippen LogP contribution is 2.36. The molecule has 1 amide bonds. The summed E-state index contributed by atoms with van der Waals surface area (Å²) in [6.45, 7) is 2.00. The first-order chi connectivity index (χ1) is 17.9. The lowest BCUT2D eigenvalue weighted by Crippen LogP contribution is -2.39. The molecule has 8 heteroatoms. The van der Waals surface area contributed by atoms with Gasteiger partial charge in [-0.05, 0) is 50.2 Å². The fourth-order valence-electron chi connectivity index (χ4n) is 4.56. The second kappa shape index (κ2) is 18.4. The second-order valence-electron chi connectivity index (χ2n) is 9.95. The van der Waals surface area contributed by atoms with E-state index in [-0.39, 0.29) is 12.5 Å². The second-order valence-corrected chi connectivity index (χ2v) is 11.2. The Labute approximate surface area is 222 Å². The summed E-state index contributed by atoms with van der Waals surface area (Å²) >= 11 is 0. The number of unbranched alkanes of at least 4 members (excludes halogenated alkanes) is 11. The summed E-state index contributed by atoms with van der Waals surface area (Å²) < 4.78 is 15.9. The number of nitrogens with one attached hydrogen (secondary N) is 2. The highest BCUT2D eigenvalue weighted by Gasteiger charge is 2.21. The van der Waals surface area contributed by atoms with Crippen molar-refractivity contribution in [2.45, 2.75) is 109 Å². The Morgan fingerprint density at radius 3 is 2.27 bits per heavy atom. The maximum Gasteiger partial charge on any atom is 0.469 e. The molecule has 7 nitrogen and oxygen atoms in total. The number of aromatic amines is 1. The van der Waals surface area contributed by atoms with Crippen molar-refractivity contribution in [1.29, 1.82) is 0 Å². The van der Waals surface area contributed by atoms with Crippen molar-refractivity contribution in [3.05, 3.63) is 48.2 Å². The molecule has 0 saturated carbocycles. The Hall–Kier alpha value is -1.92. The number of allylic oxidation sites excluding steroid dienone is 2. The van der Waals surface area contributed by atoms with Crippen LogP contribution >= 0.6 is 7.82 Å². The van der Waals surface area contributed by atoms with Gasteiger partial charge in [0.25, 0.3) is 0 Å². The zero-order valence-corrected chi connectivity index (χ0v) is 23.4. The number of amides is 1. The predicted molar refractivity (Wildman–Crippen MR) is 151 cm³/mol. The summed E-state index contributed by atoms with van der Waals surface area (Å²) in [5.74, 6) is -0.114. The molecule has 0 bridgehead atoms. The number of phosphoric ester groups is 1. The first-order valence-electron chi connectivity index (χ1n) is 14.1. The molecular weight excluding hydrogens is 487 g/mol. The minimum atomic E-state index is -4.62. The molecule has 1 aromatic heterocycles. The van der Waals surface area contributed by atoms with Crippen LogP contribution in [0.1, 0.15) is 102 Å². The third kappa shape index (κ3) is 14.6. The molecule has 2 rings (SSSR count). The number of carbonyl (C=O) groups excluding carboxylic acids is 1. The average Bonchev–Trinajstić information content (AvgIpc) is 3.27. The normalized spacial score (nSPS) is 12.9. The third-order valence-electron chi connectivity index (χ3n) is 6.62. The zero-order valence-electron chi connectivity index (χ0n) is 22.5. The highest BCUT2D eigenvalue weighted by molar-refractivity contribution is 7.46. The van der Waals surface area contributed by atoms with Crippen molar-refractivity contribution < 1.29 is 23.7 Å². The van der Waals surface area contributed by atoms with Gasteiger partial charge in [-0.1, -0.05) is 88.6 Å². The largest absolute Gasteiger partial charge is 0.469 e. The van der Waals surface area contributed by atoms with E-state index in [9.17, 15) is 9.36 Å². The number of phosphoric acid groups is 1. The van der Waals surface area contributed by atoms with Gasteiger partial charge in [0.15, 0.2) is 0 Å². The lowest BCUT2D eigenvalue weighted by atomic mass is 10.0. The summed E-state index contributed by atoms with van der Waals surface area (Å²) in [7, 11) is -4.62. The van der Waals surface area contributed by atoms with E-state index in [1.54, 1.807) is 0 Å². The maximum atomic E-state index is 12.5.